The maximum absolute atomic E-state index is 11.7. The average molecular weight is 204 g/mol. The first kappa shape index (κ1) is 11.7. The molecule has 0 bridgehead atoms. The van der Waals surface area contributed by atoms with Crippen LogP contribution in [0.15, 0.2) is 23.3 Å². The van der Waals surface area contributed by atoms with Gasteiger partial charge in [-0.15, -0.1) is 6.42 Å². The Kier molecular flexibility index (Phi) is 4.86. The van der Waals surface area contributed by atoms with E-state index in [1.54, 1.807) is 13.2 Å². The third kappa shape index (κ3) is 3.38. The molecular formula is C13H16O2. The number of methoxy groups -OCH3 is 1. The molecule has 0 aromatic heterocycles. The van der Waals surface area contributed by atoms with Gasteiger partial charge in [-0.2, -0.15) is 0 Å². The molecule has 0 aromatic rings. The fourth-order valence-corrected chi connectivity index (χ4v) is 1.70. The summed E-state index contributed by atoms with van der Waals surface area (Å²) in [4.78, 5) is 11.7. The Bertz CT molecular complexity index is 329. The van der Waals surface area contributed by atoms with E-state index in [0.29, 0.717) is 18.6 Å². The summed E-state index contributed by atoms with van der Waals surface area (Å²) < 4.78 is 4.98. The van der Waals surface area contributed by atoms with E-state index in [1.807, 2.05) is 6.08 Å². The second-order valence-electron chi connectivity index (χ2n) is 3.54. The predicted molar refractivity (Wildman–Crippen MR) is 60.4 cm³/mol. The van der Waals surface area contributed by atoms with E-state index in [4.69, 9.17) is 11.2 Å². The highest BCUT2D eigenvalue weighted by Gasteiger charge is 2.17. The normalized spacial score (nSPS) is 22.8. The van der Waals surface area contributed by atoms with Crippen molar-refractivity contribution in [2.45, 2.75) is 25.7 Å². The van der Waals surface area contributed by atoms with E-state index in [0.717, 1.165) is 24.8 Å². The lowest BCUT2D eigenvalue weighted by molar-refractivity contribution is -0.115. The topological polar surface area (TPSA) is 26.3 Å². The van der Waals surface area contributed by atoms with Crippen LogP contribution in [0.4, 0.5) is 0 Å². The first-order valence-electron chi connectivity index (χ1n) is 5.17. The van der Waals surface area contributed by atoms with E-state index in [9.17, 15) is 4.79 Å². The maximum Gasteiger partial charge on any atom is 0.163 e. The molecule has 0 amide bonds. The van der Waals surface area contributed by atoms with Crippen molar-refractivity contribution in [2.24, 2.45) is 0 Å². The van der Waals surface area contributed by atoms with Crippen molar-refractivity contribution in [1.82, 2.24) is 0 Å². The monoisotopic (exact) mass is 204 g/mol. The Balaban J connectivity index is 2.94. The SMILES string of the molecule is C#C/C=C1/C(=O)CCCC/C1=C/COC. The van der Waals surface area contributed by atoms with Gasteiger partial charge < -0.3 is 4.74 Å². The van der Waals surface area contributed by atoms with Gasteiger partial charge in [0.25, 0.3) is 0 Å². The first-order valence-corrected chi connectivity index (χ1v) is 5.17. The molecule has 0 heterocycles. The van der Waals surface area contributed by atoms with E-state index in [1.165, 1.54) is 0 Å². The molecule has 15 heavy (non-hydrogen) atoms. The number of allylic oxidation sites excluding steroid dienone is 3. The fourth-order valence-electron chi connectivity index (χ4n) is 1.70. The minimum absolute atomic E-state index is 0.160. The average Bonchev–Trinajstić information content (AvgIpc) is 2.40. The third-order valence-electron chi connectivity index (χ3n) is 2.47. The van der Waals surface area contributed by atoms with Gasteiger partial charge in [-0.1, -0.05) is 12.0 Å². The summed E-state index contributed by atoms with van der Waals surface area (Å²) in [5, 5.41) is 0. The second-order valence-corrected chi connectivity index (χ2v) is 3.54. The lowest BCUT2D eigenvalue weighted by Gasteiger charge is -2.05. The highest BCUT2D eigenvalue weighted by atomic mass is 16.5. The molecule has 0 aliphatic heterocycles. The Morgan fingerprint density at radius 3 is 2.87 bits per heavy atom. The molecule has 0 atom stereocenters. The zero-order chi connectivity index (χ0) is 11.1. The summed E-state index contributed by atoms with van der Waals surface area (Å²) in [5.74, 6) is 2.60. The Hall–Kier alpha value is -1.33. The van der Waals surface area contributed by atoms with Crippen molar-refractivity contribution in [1.29, 1.82) is 0 Å². The summed E-state index contributed by atoms with van der Waals surface area (Å²) in [5.41, 5.74) is 1.74. The number of hydrogen-bond donors (Lipinski definition) is 0. The molecule has 1 aliphatic carbocycles. The van der Waals surface area contributed by atoms with Crippen LogP contribution in [-0.4, -0.2) is 19.5 Å². The zero-order valence-corrected chi connectivity index (χ0v) is 9.08. The minimum Gasteiger partial charge on any atom is -0.381 e. The van der Waals surface area contributed by atoms with E-state index in [2.05, 4.69) is 5.92 Å². The number of hydrogen-bond acceptors (Lipinski definition) is 2. The van der Waals surface area contributed by atoms with Gasteiger partial charge in [0.2, 0.25) is 0 Å². The minimum atomic E-state index is 0.160. The molecule has 1 aliphatic rings. The van der Waals surface area contributed by atoms with Crippen LogP contribution in [0.2, 0.25) is 0 Å². The zero-order valence-electron chi connectivity index (χ0n) is 9.08. The molecular weight excluding hydrogens is 188 g/mol. The number of ketones is 1. The first-order chi connectivity index (χ1) is 7.29. The molecule has 0 saturated heterocycles. The van der Waals surface area contributed by atoms with Gasteiger partial charge in [-0.05, 0) is 30.9 Å². The summed E-state index contributed by atoms with van der Waals surface area (Å²) >= 11 is 0. The van der Waals surface area contributed by atoms with E-state index >= 15 is 0 Å². The van der Waals surface area contributed by atoms with Gasteiger partial charge in [0.05, 0.1) is 6.61 Å². The number of rotatable bonds is 2. The molecule has 80 valence electrons. The molecule has 0 spiro atoms. The number of carbonyl (C=O) groups is 1. The summed E-state index contributed by atoms with van der Waals surface area (Å²) in [6.45, 7) is 0.532. The summed E-state index contributed by atoms with van der Waals surface area (Å²) in [6.07, 6.45) is 12.3. The Morgan fingerprint density at radius 2 is 2.20 bits per heavy atom. The molecule has 2 nitrogen and oxygen atoms in total. The van der Waals surface area contributed by atoms with Crippen molar-refractivity contribution in [2.75, 3.05) is 13.7 Å². The van der Waals surface area contributed by atoms with E-state index < -0.39 is 0 Å². The molecule has 0 N–H and O–H groups in total. The second kappa shape index (κ2) is 6.21. The van der Waals surface area contributed by atoms with Crippen LogP contribution in [0.1, 0.15) is 25.7 Å². The van der Waals surface area contributed by atoms with Crippen molar-refractivity contribution in [3.05, 3.63) is 23.3 Å². The third-order valence-corrected chi connectivity index (χ3v) is 2.47. The molecule has 1 rings (SSSR count). The van der Waals surface area contributed by atoms with Gasteiger partial charge in [0.15, 0.2) is 5.78 Å². The number of Topliss-reactive ketones (excluding diaryl/α,β-unsaturated/α-hetero) is 1. The highest BCUT2D eigenvalue weighted by Crippen LogP contribution is 2.24. The van der Waals surface area contributed by atoms with Crippen LogP contribution in [0.25, 0.3) is 0 Å². The van der Waals surface area contributed by atoms with E-state index in [-0.39, 0.29) is 5.78 Å². The lowest BCUT2D eigenvalue weighted by Crippen LogP contribution is -2.02. The summed E-state index contributed by atoms with van der Waals surface area (Å²) in [7, 11) is 1.64. The standard InChI is InChI=1S/C13H16O2/c1-3-6-12-11(9-10-15-2)7-4-5-8-13(12)14/h1,6,9H,4-5,7-8,10H2,2H3/b11-9-,12-6+. The van der Waals surface area contributed by atoms with Crippen LogP contribution < -0.4 is 0 Å². The fraction of sp³-hybridized carbons (Fsp3) is 0.462. The van der Waals surface area contributed by atoms with Crippen LogP contribution in [-0.2, 0) is 9.53 Å². The quantitative estimate of drug-likeness (QED) is 0.392. The molecule has 1 saturated carbocycles. The number of carbonyl (C=O) groups excluding carboxylic acids is 1. The molecule has 0 radical (unpaired) electrons. The predicted octanol–water partition coefficient (Wildman–Crippen LogP) is 2.26. The van der Waals surface area contributed by atoms with Crippen molar-refractivity contribution < 1.29 is 9.53 Å². The molecule has 1 fully saturated rings. The smallest absolute Gasteiger partial charge is 0.163 e. The number of ether oxygens (including phenoxy) is 1. The van der Waals surface area contributed by atoms with Gasteiger partial charge >= 0.3 is 0 Å². The van der Waals surface area contributed by atoms with Crippen molar-refractivity contribution in [3.8, 4) is 12.3 Å². The van der Waals surface area contributed by atoms with Crippen LogP contribution in [0.5, 0.6) is 0 Å². The van der Waals surface area contributed by atoms with Gasteiger partial charge in [0, 0.05) is 19.1 Å². The Morgan fingerprint density at radius 1 is 1.47 bits per heavy atom. The van der Waals surface area contributed by atoms with Crippen molar-refractivity contribution >= 4 is 5.78 Å². The van der Waals surface area contributed by atoms with Crippen LogP contribution in [0.3, 0.4) is 0 Å². The largest absolute Gasteiger partial charge is 0.381 e. The Labute approximate surface area is 91.0 Å². The summed E-state index contributed by atoms with van der Waals surface area (Å²) in [6, 6.07) is 0. The maximum atomic E-state index is 11.7. The molecule has 0 aromatic carbocycles. The van der Waals surface area contributed by atoms with Gasteiger partial charge in [-0.3, -0.25) is 4.79 Å². The van der Waals surface area contributed by atoms with Crippen LogP contribution in [0, 0.1) is 12.3 Å². The van der Waals surface area contributed by atoms with Crippen LogP contribution >= 0.6 is 0 Å². The lowest BCUT2D eigenvalue weighted by atomic mass is 10.00. The molecule has 2 heteroatoms. The highest BCUT2D eigenvalue weighted by molar-refractivity contribution is 6.00. The van der Waals surface area contributed by atoms with Gasteiger partial charge in [-0.25, -0.2) is 0 Å². The number of terminal acetylenes is 1. The molecule has 0 unspecified atom stereocenters. The van der Waals surface area contributed by atoms with Gasteiger partial charge in [0.1, 0.15) is 0 Å². The van der Waals surface area contributed by atoms with Crippen molar-refractivity contribution in [3.63, 3.8) is 0 Å².